The maximum atomic E-state index is 13.4. The van der Waals surface area contributed by atoms with E-state index in [1.807, 2.05) is 22.4 Å². The molecule has 0 saturated carbocycles. The summed E-state index contributed by atoms with van der Waals surface area (Å²) in [4.78, 5) is 14.9. The third kappa shape index (κ3) is 3.93. The molecule has 4 heterocycles. The second-order valence-corrected chi connectivity index (χ2v) is 6.97. The zero-order chi connectivity index (χ0) is 18.9. The molecular formula is C18H15F3N4OS. The molecule has 0 N–H and O–H groups in total. The van der Waals surface area contributed by atoms with E-state index in [0.29, 0.717) is 25.3 Å². The van der Waals surface area contributed by atoms with Crippen molar-refractivity contribution in [1.82, 2.24) is 15.0 Å². The number of hydrogen-bond donors (Lipinski definition) is 0. The van der Waals surface area contributed by atoms with Gasteiger partial charge in [0.15, 0.2) is 11.5 Å². The smallest absolute Gasteiger partial charge is 0.369 e. The fourth-order valence-electron chi connectivity index (χ4n) is 2.88. The number of pyridine rings is 1. The van der Waals surface area contributed by atoms with E-state index in [-0.39, 0.29) is 17.7 Å². The third-order valence-corrected chi connectivity index (χ3v) is 5.16. The number of rotatable bonds is 3. The summed E-state index contributed by atoms with van der Waals surface area (Å²) < 4.78 is 45.9. The molecule has 1 atom stereocenters. The maximum absolute atomic E-state index is 13.4. The van der Waals surface area contributed by atoms with Gasteiger partial charge in [-0.1, -0.05) is 6.07 Å². The Morgan fingerprint density at radius 1 is 1.15 bits per heavy atom. The summed E-state index contributed by atoms with van der Waals surface area (Å²) in [5.41, 5.74) is -0.473. The Labute approximate surface area is 157 Å². The van der Waals surface area contributed by atoms with Gasteiger partial charge in [-0.05, 0) is 23.6 Å². The highest BCUT2D eigenvalue weighted by atomic mass is 32.1. The molecule has 1 fully saturated rings. The van der Waals surface area contributed by atoms with Crippen LogP contribution < -0.4 is 4.90 Å². The van der Waals surface area contributed by atoms with E-state index < -0.39 is 11.9 Å². The van der Waals surface area contributed by atoms with Crippen LogP contribution >= 0.6 is 11.3 Å². The van der Waals surface area contributed by atoms with Crippen molar-refractivity contribution in [2.24, 2.45) is 0 Å². The Kier molecular flexibility index (Phi) is 4.79. The van der Waals surface area contributed by atoms with E-state index >= 15 is 0 Å². The summed E-state index contributed by atoms with van der Waals surface area (Å²) in [6, 6.07) is 8.07. The first-order valence-electron chi connectivity index (χ1n) is 8.27. The standard InChI is InChI=1S/C18H15F3N4OS/c19-18(20,21)15-10-16(24-17(23-15)12-3-5-22-6-4-12)25-7-8-26-13(11-25)14-2-1-9-27-14/h1-6,9-10,13H,7-8,11H2. The number of nitrogens with zero attached hydrogens (tertiary/aromatic N) is 4. The molecule has 140 valence electrons. The molecule has 0 amide bonds. The molecule has 0 bridgehead atoms. The van der Waals surface area contributed by atoms with Crippen LogP contribution in [0, 0.1) is 0 Å². The predicted molar refractivity (Wildman–Crippen MR) is 95.5 cm³/mol. The molecule has 5 nitrogen and oxygen atoms in total. The van der Waals surface area contributed by atoms with Gasteiger partial charge in [-0.3, -0.25) is 4.98 Å². The Hall–Kier alpha value is -2.52. The van der Waals surface area contributed by atoms with Crippen LogP contribution in [0.15, 0.2) is 48.1 Å². The number of thiophene rings is 1. The second kappa shape index (κ2) is 7.24. The van der Waals surface area contributed by atoms with Crippen molar-refractivity contribution in [2.75, 3.05) is 24.6 Å². The first-order chi connectivity index (χ1) is 13.0. The summed E-state index contributed by atoms with van der Waals surface area (Å²) >= 11 is 1.56. The van der Waals surface area contributed by atoms with Gasteiger partial charge in [-0.15, -0.1) is 11.3 Å². The van der Waals surface area contributed by atoms with Gasteiger partial charge in [0.2, 0.25) is 0 Å². The predicted octanol–water partition coefficient (Wildman–Crippen LogP) is 4.20. The van der Waals surface area contributed by atoms with Gasteiger partial charge >= 0.3 is 6.18 Å². The van der Waals surface area contributed by atoms with Crippen molar-refractivity contribution >= 4 is 17.2 Å². The zero-order valence-electron chi connectivity index (χ0n) is 14.1. The lowest BCUT2D eigenvalue weighted by Crippen LogP contribution is -2.39. The second-order valence-electron chi connectivity index (χ2n) is 5.99. The van der Waals surface area contributed by atoms with Gasteiger partial charge in [-0.25, -0.2) is 9.97 Å². The van der Waals surface area contributed by atoms with E-state index in [0.717, 1.165) is 10.9 Å². The molecule has 9 heteroatoms. The van der Waals surface area contributed by atoms with Crippen LogP contribution in [0.5, 0.6) is 0 Å². The Bertz CT molecular complexity index is 903. The molecule has 0 spiro atoms. The molecule has 4 rings (SSSR count). The van der Waals surface area contributed by atoms with Crippen LogP contribution in [0.2, 0.25) is 0 Å². The van der Waals surface area contributed by atoms with E-state index in [9.17, 15) is 13.2 Å². The van der Waals surface area contributed by atoms with Crippen molar-refractivity contribution in [3.8, 4) is 11.4 Å². The summed E-state index contributed by atoms with van der Waals surface area (Å²) in [5, 5.41) is 1.95. The molecule has 1 aliphatic rings. The Balaban J connectivity index is 1.71. The monoisotopic (exact) mass is 392 g/mol. The van der Waals surface area contributed by atoms with Crippen LogP contribution in [0.3, 0.4) is 0 Å². The summed E-state index contributed by atoms with van der Waals surface area (Å²) in [5.74, 6) is 0.274. The van der Waals surface area contributed by atoms with Gasteiger partial charge in [0.05, 0.1) is 13.2 Å². The van der Waals surface area contributed by atoms with E-state index in [4.69, 9.17) is 4.74 Å². The largest absolute Gasteiger partial charge is 0.433 e. The molecule has 3 aromatic heterocycles. The molecule has 1 aliphatic heterocycles. The van der Waals surface area contributed by atoms with Crippen molar-refractivity contribution in [3.05, 3.63) is 58.7 Å². The number of morpholine rings is 1. The summed E-state index contributed by atoms with van der Waals surface area (Å²) in [6.07, 6.45) is -1.74. The van der Waals surface area contributed by atoms with E-state index in [2.05, 4.69) is 15.0 Å². The van der Waals surface area contributed by atoms with E-state index in [1.54, 1.807) is 23.5 Å². The molecule has 0 radical (unpaired) electrons. The van der Waals surface area contributed by atoms with Gasteiger partial charge in [0, 0.05) is 35.4 Å². The first-order valence-corrected chi connectivity index (χ1v) is 9.15. The number of halogens is 3. The minimum absolute atomic E-state index is 0.0291. The minimum Gasteiger partial charge on any atom is -0.369 e. The number of ether oxygens (including phenoxy) is 1. The average molecular weight is 392 g/mol. The minimum atomic E-state index is -4.56. The molecule has 1 unspecified atom stereocenters. The molecule has 1 saturated heterocycles. The first kappa shape index (κ1) is 17.9. The summed E-state index contributed by atoms with van der Waals surface area (Å²) in [7, 11) is 0. The van der Waals surface area contributed by atoms with Gasteiger partial charge < -0.3 is 9.64 Å². The molecular weight excluding hydrogens is 377 g/mol. The molecule has 0 aromatic carbocycles. The Morgan fingerprint density at radius 3 is 2.67 bits per heavy atom. The molecule has 0 aliphatic carbocycles. The highest BCUT2D eigenvalue weighted by Gasteiger charge is 2.35. The molecule has 3 aromatic rings. The highest BCUT2D eigenvalue weighted by molar-refractivity contribution is 7.10. The third-order valence-electron chi connectivity index (χ3n) is 4.19. The van der Waals surface area contributed by atoms with Crippen LogP contribution in [0.4, 0.5) is 19.0 Å². The van der Waals surface area contributed by atoms with E-state index in [1.165, 1.54) is 12.4 Å². The summed E-state index contributed by atoms with van der Waals surface area (Å²) in [6.45, 7) is 1.31. The average Bonchev–Trinajstić information content (AvgIpc) is 3.23. The number of aromatic nitrogens is 3. The number of alkyl halides is 3. The quantitative estimate of drug-likeness (QED) is 0.669. The van der Waals surface area contributed by atoms with Crippen molar-refractivity contribution in [1.29, 1.82) is 0 Å². The maximum Gasteiger partial charge on any atom is 0.433 e. The lowest BCUT2D eigenvalue weighted by Gasteiger charge is -2.33. The van der Waals surface area contributed by atoms with Crippen LogP contribution in [-0.2, 0) is 10.9 Å². The van der Waals surface area contributed by atoms with Gasteiger partial charge in [0.1, 0.15) is 11.9 Å². The zero-order valence-corrected chi connectivity index (χ0v) is 14.9. The molecule has 27 heavy (non-hydrogen) atoms. The topological polar surface area (TPSA) is 51.1 Å². The lowest BCUT2D eigenvalue weighted by molar-refractivity contribution is -0.141. The van der Waals surface area contributed by atoms with Crippen LogP contribution in [0.1, 0.15) is 16.7 Å². The number of hydrogen-bond acceptors (Lipinski definition) is 6. The highest BCUT2D eigenvalue weighted by Crippen LogP contribution is 2.33. The van der Waals surface area contributed by atoms with Crippen molar-refractivity contribution in [3.63, 3.8) is 0 Å². The normalized spacial score (nSPS) is 17.9. The van der Waals surface area contributed by atoms with Crippen molar-refractivity contribution in [2.45, 2.75) is 12.3 Å². The van der Waals surface area contributed by atoms with Crippen molar-refractivity contribution < 1.29 is 17.9 Å². The fraction of sp³-hybridized carbons (Fsp3) is 0.278. The van der Waals surface area contributed by atoms with Crippen LogP contribution in [0.25, 0.3) is 11.4 Å². The Morgan fingerprint density at radius 2 is 1.96 bits per heavy atom. The fourth-order valence-corrected chi connectivity index (χ4v) is 3.64. The van der Waals surface area contributed by atoms with Crippen LogP contribution in [-0.4, -0.2) is 34.6 Å². The SMILES string of the molecule is FC(F)(F)c1cc(N2CCOC(c3cccs3)C2)nc(-c2ccncc2)n1. The number of anilines is 1. The van der Waals surface area contributed by atoms with Gasteiger partial charge in [-0.2, -0.15) is 13.2 Å². The van der Waals surface area contributed by atoms with Gasteiger partial charge in [0.25, 0.3) is 0 Å². The lowest BCUT2D eigenvalue weighted by atomic mass is 10.2.